The molecule has 0 aliphatic carbocycles. The molecular formula is C12H22N3O3Y-. The zero-order chi connectivity index (χ0) is 13.5. The minimum atomic E-state index is -0.367. The molecule has 0 saturated carbocycles. The summed E-state index contributed by atoms with van der Waals surface area (Å²) < 4.78 is 0. The second-order valence-corrected chi connectivity index (χ2v) is 4.89. The molecule has 1 heterocycles. The molecule has 1 rings (SSSR count). The smallest absolute Gasteiger partial charge is 0.223 e. The van der Waals surface area contributed by atoms with Crippen molar-refractivity contribution in [3.63, 3.8) is 0 Å². The van der Waals surface area contributed by atoms with Crippen LogP contribution < -0.4 is 10.6 Å². The van der Waals surface area contributed by atoms with Gasteiger partial charge < -0.3 is 21.1 Å². The van der Waals surface area contributed by atoms with Crippen LogP contribution in [-0.2, 0) is 42.3 Å². The quantitative estimate of drug-likeness (QED) is 0.595. The van der Waals surface area contributed by atoms with E-state index < -0.39 is 0 Å². The summed E-state index contributed by atoms with van der Waals surface area (Å²) in [7, 11) is 0. The normalized spacial score (nSPS) is 19.8. The first-order valence-electron chi connectivity index (χ1n) is 6.37. The summed E-state index contributed by atoms with van der Waals surface area (Å²) in [6.07, 6.45) is 1.25. The second-order valence-electron chi connectivity index (χ2n) is 4.89. The summed E-state index contributed by atoms with van der Waals surface area (Å²) in [6.45, 7) is 4.43. The summed E-state index contributed by atoms with van der Waals surface area (Å²) in [6, 6.07) is -0.252. The summed E-state index contributed by atoms with van der Waals surface area (Å²) in [5.41, 5.74) is 0. The van der Waals surface area contributed by atoms with Gasteiger partial charge in [-0.05, 0) is 12.8 Å². The number of aliphatic hydroxyl groups is 1. The zero-order valence-electron chi connectivity index (χ0n) is 11.6. The maximum Gasteiger partial charge on any atom is 0.223 e. The molecule has 6 nitrogen and oxygen atoms in total. The molecule has 1 aliphatic rings. The van der Waals surface area contributed by atoms with Crippen LogP contribution in [0.5, 0.6) is 0 Å². The molecule has 1 saturated heterocycles. The van der Waals surface area contributed by atoms with Crippen LogP contribution in [0.2, 0.25) is 0 Å². The molecule has 0 bridgehead atoms. The molecule has 3 N–H and O–H groups in total. The fourth-order valence-electron chi connectivity index (χ4n) is 1.93. The van der Waals surface area contributed by atoms with Gasteiger partial charge in [-0.25, -0.2) is 0 Å². The fraction of sp³-hybridized carbons (Fsp3) is 0.833. The number of carbonyl (C=O) groups is 2. The molecule has 2 atom stereocenters. The van der Waals surface area contributed by atoms with Gasteiger partial charge in [-0.2, -0.15) is 0 Å². The zero-order valence-corrected chi connectivity index (χ0v) is 14.4. The van der Waals surface area contributed by atoms with Crippen molar-refractivity contribution in [3.05, 3.63) is 5.32 Å². The van der Waals surface area contributed by atoms with Crippen molar-refractivity contribution >= 4 is 11.8 Å². The Morgan fingerprint density at radius 2 is 2.26 bits per heavy atom. The molecule has 1 aliphatic heterocycles. The number of amides is 2. The number of nitrogens with zero attached hydrogens (tertiary/aromatic N) is 1. The number of aliphatic hydroxyl groups excluding tert-OH is 1. The maximum absolute atomic E-state index is 11.6. The van der Waals surface area contributed by atoms with E-state index >= 15 is 0 Å². The van der Waals surface area contributed by atoms with Crippen LogP contribution in [0.4, 0.5) is 0 Å². The molecule has 107 valence electrons. The number of hydrogen-bond donors (Lipinski definition) is 3. The van der Waals surface area contributed by atoms with Gasteiger partial charge >= 0.3 is 0 Å². The molecule has 7 heteroatoms. The third kappa shape index (κ3) is 7.35. The van der Waals surface area contributed by atoms with Crippen molar-refractivity contribution < 1.29 is 47.4 Å². The van der Waals surface area contributed by atoms with Gasteiger partial charge in [0.05, 0.1) is 12.6 Å². The van der Waals surface area contributed by atoms with E-state index in [1.54, 1.807) is 0 Å². The Morgan fingerprint density at radius 3 is 2.74 bits per heavy atom. The molecule has 1 radical (unpaired) electrons. The van der Waals surface area contributed by atoms with Crippen LogP contribution >= 0.6 is 0 Å². The van der Waals surface area contributed by atoms with Gasteiger partial charge in [0, 0.05) is 45.2 Å². The van der Waals surface area contributed by atoms with E-state index in [0.717, 1.165) is 6.42 Å². The molecule has 0 aromatic heterocycles. The van der Waals surface area contributed by atoms with Crippen LogP contribution in [0, 0.1) is 5.92 Å². The van der Waals surface area contributed by atoms with Crippen LogP contribution in [0.1, 0.15) is 26.7 Å². The molecule has 0 aromatic carbocycles. The maximum atomic E-state index is 11.6. The third-order valence-corrected chi connectivity index (χ3v) is 2.92. The summed E-state index contributed by atoms with van der Waals surface area (Å²) in [4.78, 5) is 23.0. The van der Waals surface area contributed by atoms with Gasteiger partial charge in [0.25, 0.3) is 0 Å². The molecule has 1 fully saturated rings. The topological polar surface area (TPSA) is 92.5 Å². The first-order chi connectivity index (χ1) is 8.52. The number of carbonyl (C=O) groups excluding carboxylic acids is 2. The van der Waals surface area contributed by atoms with E-state index in [1.165, 1.54) is 0 Å². The number of hydrogen-bond acceptors (Lipinski definition) is 3. The van der Waals surface area contributed by atoms with Gasteiger partial charge in [0.2, 0.25) is 5.91 Å². The molecule has 0 unspecified atom stereocenters. The Morgan fingerprint density at radius 1 is 1.58 bits per heavy atom. The van der Waals surface area contributed by atoms with Crippen molar-refractivity contribution in [2.45, 2.75) is 38.8 Å². The van der Waals surface area contributed by atoms with E-state index in [9.17, 15) is 14.7 Å². The first kappa shape index (κ1) is 19.0. The van der Waals surface area contributed by atoms with Gasteiger partial charge in [-0.15, -0.1) is 6.04 Å². The first-order valence-corrected chi connectivity index (χ1v) is 6.37. The van der Waals surface area contributed by atoms with Gasteiger partial charge in [0.1, 0.15) is 0 Å². The predicted octanol–water partition coefficient (Wildman–Crippen LogP) is -0.231. The molecule has 0 spiro atoms. The average Bonchev–Trinajstić information content (AvgIpc) is 2.71. The molecular weight excluding hydrogens is 323 g/mol. The van der Waals surface area contributed by atoms with Crippen LogP contribution in [-0.4, -0.2) is 48.7 Å². The van der Waals surface area contributed by atoms with Gasteiger partial charge in [-0.1, -0.05) is 20.4 Å². The Labute approximate surface area is 139 Å². The summed E-state index contributed by atoms with van der Waals surface area (Å²) in [5, 5.41) is 18.8. The van der Waals surface area contributed by atoms with Crippen LogP contribution in [0.25, 0.3) is 5.32 Å². The van der Waals surface area contributed by atoms with E-state index in [4.69, 9.17) is 0 Å². The monoisotopic (exact) mass is 345 g/mol. The van der Waals surface area contributed by atoms with Crippen molar-refractivity contribution in [3.8, 4) is 0 Å². The summed E-state index contributed by atoms with van der Waals surface area (Å²) >= 11 is 0. The largest absolute Gasteiger partial charge is 0.652 e. The van der Waals surface area contributed by atoms with Crippen molar-refractivity contribution in [1.29, 1.82) is 0 Å². The van der Waals surface area contributed by atoms with Crippen molar-refractivity contribution in [1.82, 2.24) is 10.6 Å². The fourth-order valence-corrected chi connectivity index (χ4v) is 1.93. The predicted molar refractivity (Wildman–Crippen MR) is 68.1 cm³/mol. The Hall–Kier alpha value is -0.0361. The molecule has 19 heavy (non-hydrogen) atoms. The van der Waals surface area contributed by atoms with Crippen molar-refractivity contribution in [2.24, 2.45) is 5.92 Å². The second kappa shape index (κ2) is 9.80. The third-order valence-electron chi connectivity index (χ3n) is 2.92. The Balaban J connectivity index is 0.00000324. The standard InChI is InChI=1S/C12H22N3O3.Y/c1-8(2)14-6-11(17)15-10(7-16)5-9-3-4-13-12(9)18;/h8-10,16H,3-7H2,1-2H3,(H,13,18)(H,15,17);/q-1;/t9-,10-;/m0./s1. The van der Waals surface area contributed by atoms with Gasteiger partial charge in [-0.3, -0.25) is 9.59 Å². The average molecular weight is 345 g/mol. The summed E-state index contributed by atoms with van der Waals surface area (Å²) in [5.74, 6) is -0.305. The van der Waals surface area contributed by atoms with Gasteiger partial charge in [0.15, 0.2) is 5.91 Å². The van der Waals surface area contributed by atoms with Crippen molar-refractivity contribution in [2.75, 3.05) is 19.7 Å². The SMILES string of the molecule is CC(C)[N-]CC(=O)N[C@H](CO)C[C@@H]1CCNC1=O.[Y]. The Bertz CT molecular complexity index is 300. The van der Waals surface area contributed by atoms with E-state index in [-0.39, 0.29) is 75.7 Å². The molecule has 0 aromatic rings. The van der Waals surface area contributed by atoms with E-state index in [1.807, 2.05) is 13.8 Å². The number of nitrogens with one attached hydrogen (secondary N) is 2. The van der Waals surface area contributed by atoms with Crippen LogP contribution in [0.15, 0.2) is 0 Å². The number of rotatable bonds is 7. The van der Waals surface area contributed by atoms with E-state index in [0.29, 0.717) is 13.0 Å². The minimum Gasteiger partial charge on any atom is -0.652 e. The van der Waals surface area contributed by atoms with E-state index in [2.05, 4.69) is 16.0 Å². The van der Waals surface area contributed by atoms with Crippen LogP contribution in [0.3, 0.4) is 0 Å². The minimum absolute atomic E-state index is 0. The molecule has 2 amide bonds. The Kier molecular flexibility index (Phi) is 9.78.